The zero-order valence-electron chi connectivity index (χ0n) is 13.3. The van der Waals surface area contributed by atoms with Crippen molar-refractivity contribution in [3.63, 3.8) is 0 Å². The van der Waals surface area contributed by atoms with Gasteiger partial charge in [0, 0.05) is 11.3 Å². The molecule has 0 radical (unpaired) electrons. The number of aryl methyl sites for hydroxylation is 1. The highest BCUT2D eigenvalue weighted by Gasteiger charge is 2.35. The fourth-order valence-electron chi connectivity index (χ4n) is 3.72. The van der Waals surface area contributed by atoms with Gasteiger partial charge in [0.05, 0.1) is 20.3 Å². The van der Waals surface area contributed by atoms with Crippen molar-refractivity contribution in [2.24, 2.45) is 0 Å². The minimum absolute atomic E-state index is 0.236. The van der Waals surface area contributed by atoms with Gasteiger partial charge in [0.25, 0.3) is 0 Å². The van der Waals surface area contributed by atoms with Crippen LogP contribution in [0.5, 0.6) is 11.5 Å². The second-order valence-corrected chi connectivity index (χ2v) is 5.94. The summed E-state index contributed by atoms with van der Waals surface area (Å²) >= 11 is 0. The van der Waals surface area contributed by atoms with E-state index in [0.29, 0.717) is 0 Å². The van der Waals surface area contributed by atoms with E-state index < -0.39 is 0 Å². The molecular weight excluding hydrogens is 274 g/mol. The SMILES string of the molecule is COc1ccc2c(c1)C1=Cc3c(cc(C)c(OC)c3C)C1N2. The van der Waals surface area contributed by atoms with Crippen LogP contribution in [0, 0.1) is 13.8 Å². The third-order valence-corrected chi connectivity index (χ3v) is 4.75. The molecule has 0 fully saturated rings. The quantitative estimate of drug-likeness (QED) is 0.893. The number of hydrogen-bond donors (Lipinski definition) is 1. The molecule has 0 spiro atoms. The molecule has 0 bridgehead atoms. The predicted octanol–water partition coefficient (Wildman–Crippen LogP) is 4.34. The Labute approximate surface area is 130 Å². The van der Waals surface area contributed by atoms with Crippen LogP contribution < -0.4 is 14.8 Å². The second kappa shape index (κ2) is 4.54. The maximum Gasteiger partial charge on any atom is 0.125 e. The summed E-state index contributed by atoms with van der Waals surface area (Å²) in [4.78, 5) is 0. The zero-order valence-corrected chi connectivity index (χ0v) is 13.3. The van der Waals surface area contributed by atoms with E-state index in [0.717, 1.165) is 11.5 Å². The molecule has 2 aromatic carbocycles. The number of methoxy groups -OCH3 is 2. The van der Waals surface area contributed by atoms with Gasteiger partial charge in [-0.05, 0) is 72.0 Å². The van der Waals surface area contributed by atoms with Gasteiger partial charge in [-0.2, -0.15) is 0 Å². The molecule has 0 saturated heterocycles. The Hall–Kier alpha value is -2.42. The first kappa shape index (κ1) is 13.3. The largest absolute Gasteiger partial charge is 0.497 e. The second-order valence-electron chi connectivity index (χ2n) is 5.94. The Morgan fingerprint density at radius 1 is 1.05 bits per heavy atom. The monoisotopic (exact) mass is 293 g/mol. The van der Waals surface area contributed by atoms with Crippen LogP contribution in [0.3, 0.4) is 0 Å². The van der Waals surface area contributed by atoms with Gasteiger partial charge in [-0.25, -0.2) is 0 Å². The van der Waals surface area contributed by atoms with Crippen LogP contribution in [0.15, 0.2) is 24.3 Å². The fourth-order valence-corrected chi connectivity index (χ4v) is 3.72. The topological polar surface area (TPSA) is 30.5 Å². The summed E-state index contributed by atoms with van der Waals surface area (Å²) in [6, 6.07) is 8.68. The molecule has 1 aliphatic heterocycles. The predicted molar refractivity (Wildman–Crippen MR) is 89.7 cm³/mol. The van der Waals surface area contributed by atoms with Gasteiger partial charge in [-0.3, -0.25) is 0 Å². The molecule has 1 heterocycles. The molecule has 0 saturated carbocycles. The highest BCUT2D eigenvalue weighted by molar-refractivity contribution is 6.01. The Morgan fingerprint density at radius 2 is 1.86 bits per heavy atom. The van der Waals surface area contributed by atoms with Crippen molar-refractivity contribution in [1.29, 1.82) is 0 Å². The lowest BCUT2D eigenvalue weighted by molar-refractivity contribution is 0.408. The minimum atomic E-state index is 0.236. The average molecular weight is 293 g/mol. The van der Waals surface area contributed by atoms with Crippen LogP contribution in [0.4, 0.5) is 5.69 Å². The first-order valence-electron chi connectivity index (χ1n) is 7.48. The zero-order chi connectivity index (χ0) is 15.4. The smallest absolute Gasteiger partial charge is 0.125 e. The summed E-state index contributed by atoms with van der Waals surface area (Å²) in [7, 11) is 3.45. The molecular formula is C19H19NO2. The number of ether oxygens (including phenoxy) is 2. The first-order chi connectivity index (χ1) is 10.6. The summed E-state index contributed by atoms with van der Waals surface area (Å²) in [6.45, 7) is 4.24. The molecule has 22 heavy (non-hydrogen) atoms. The van der Waals surface area contributed by atoms with Crippen molar-refractivity contribution >= 4 is 17.3 Å². The lowest BCUT2D eigenvalue weighted by Crippen LogP contribution is -2.05. The normalized spacial score (nSPS) is 17.3. The van der Waals surface area contributed by atoms with Crippen LogP contribution >= 0.6 is 0 Å². The molecule has 3 heteroatoms. The van der Waals surface area contributed by atoms with Crippen LogP contribution in [0.2, 0.25) is 0 Å². The molecule has 2 aromatic rings. The van der Waals surface area contributed by atoms with E-state index >= 15 is 0 Å². The molecule has 0 amide bonds. The number of fused-ring (bicyclic) bond motifs is 5. The number of anilines is 1. The van der Waals surface area contributed by atoms with Gasteiger partial charge in [0.2, 0.25) is 0 Å². The van der Waals surface area contributed by atoms with Crippen molar-refractivity contribution in [2.75, 3.05) is 19.5 Å². The van der Waals surface area contributed by atoms with E-state index in [-0.39, 0.29) is 6.04 Å². The molecule has 1 aliphatic carbocycles. The van der Waals surface area contributed by atoms with Gasteiger partial charge in [-0.1, -0.05) is 0 Å². The van der Waals surface area contributed by atoms with Crippen molar-refractivity contribution in [2.45, 2.75) is 19.9 Å². The van der Waals surface area contributed by atoms with E-state index in [1.165, 1.54) is 39.1 Å². The maximum absolute atomic E-state index is 5.56. The van der Waals surface area contributed by atoms with Crippen molar-refractivity contribution < 1.29 is 9.47 Å². The Morgan fingerprint density at radius 3 is 2.59 bits per heavy atom. The highest BCUT2D eigenvalue weighted by atomic mass is 16.5. The van der Waals surface area contributed by atoms with Crippen LogP contribution in [0.25, 0.3) is 11.6 Å². The standard InChI is InChI=1S/C19H19NO2/c1-10-7-15-13(11(2)19(10)22-4)9-16-14-8-12(21-3)5-6-17(14)20-18(15)16/h5-9,18,20H,1-4H3. The van der Waals surface area contributed by atoms with Gasteiger partial charge < -0.3 is 14.8 Å². The number of rotatable bonds is 2. The number of nitrogens with one attached hydrogen (secondary N) is 1. The van der Waals surface area contributed by atoms with E-state index in [1.807, 2.05) is 6.07 Å². The summed E-state index contributed by atoms with van der Waals surface area (Å²) in [5, 5.41) is 3.63. The fraction of sp³-hybridized carbons (Fsp3) is 0.263. The van der Waals surface area contributed by atoms with Crippen molar-refractivity contribution in [3.8, 4) is 11.5 Å². The van der Waals surface area contributed by atoms with E-state index in [4.69, 9.17) is 9.47 Å². The maximum atomic E-state index is 5.56. The summed E-state index contributed by atoms with van der Waals surface area (Å²) in [5.74, 6) is 1.88. The Kier molecular flexibility index (Phi) is 2.73. The van der Waals surface area contributed by atoms with Crippen LogP contribution in [0.1, 0.15) is 33.9 Å². The van der Waals surface area contributed by atoms with E-state index in [2.05, 4.69) is 43.4 Å². The molecule has 2 aliphatic rings. The van der Waals surface area contributed by atoms with Gasteiger partial charge in [0.1, 0.15) is 11.5 Å². The highest BCUT2D eigenvalue weighted by Crippen LogP contribution is 2.52. The lowest BCUT2D eigenvalue weighted by Gasteiger charge is -2.16. The van der Waals surface area contributed by atoms with Crippen LogP contribution in [-0.2, 0) is 0 Å². The Balaban J connectivity index is 1.89. The molecule has 1 N–H and O–H groups in total. The summed E-state index contributed by atoms with van der Waals surface area (Å²) < 4.78 is 10.9. The van der Waals surface area contributed by atoms with Crippen molar-refractivity contribution in [1.82, 2.24) is 0 Å². The Bertz CT molecular complexity index is 821. The molecule has 1 unspecified atom stereocenters. The van der Waals surface area contributed by atoms with E-state index in [9.17, 15) is 0 Å². The number of hydrogen-bond acceptors (Lipinski definition) is 3. The third kappa shape index (κ3) is 1.62. The summed E-state index contributed by atoms with van der Waals surface area (Å²) in [5.41, 5.74) is 8.74. The molecule has 112 valence electrons. The third-order valence-electron chi connectivity index (χ3n) is 4.75. The van der Waals surface area contributed by atoms with Crippen LogP contribution in [-0.4, -0.2) is 14.2 Å². The lowest BCUT2D eigenvalue weighted by atomic mass is 9.97. The minimum Gasteiger partial charge on any atom is -0.497 e. The average Bonchev–Trinajstić information content (AvgIpc) is 3.04. The van der Waals surface area contributed by atoms with Crippen molar-refractivity contribution in [3.05, 3.63) is 52.1 Å². The van der Waals surface area contributed by atoms with Gasteiger partial charge in [0.15, 0.2) is 0 Å². The first-order valence-corrected chi connectivity index (χ1v) is 7.48. The molecule has 4 rings (SSSR count). The molecule has 3 nitrogen and oxygen atoms in total. The van der Waals surface area contributed by atoms with Gasteiger partial charge >= 0.3 is 0 Å². The molecule has 1 atom stereocenters. The summed E-state index contributed by atoms with van der Waals surface area (Å²) in [6.07, 6.45) is 2.29. The number of benzene rings is 2. The molecule has 0 aromatic heterocycles. The van der Waals surface area contributed by atoms with Gasteiger partial charge in [-0.15, -0.1) is 0 Å². The van der Waals surface area contributed by atoms with E-state index in [1.54, 1.807) is 14.2 Å².